The largest absolute Gasteiger partial charge is 0.127 e. The number of hydrogen-bond acceptors (Lipinski definition) is 0. The van der Waals surface area contributed by atoms with E-state index in [1.54, 1.807) is 0 Å². The highest BCUT2D eigenvalue weighted by Crippen LogP contribution is 2.38. The Morgan fingerprint density at radius 1 is 0.680 bits per heavy atom. The molecule has 128 valence electrons. The van der Waals surface area contributed by atoms with E-state index in [1.165, 1.54) is 15.9 Å². The zero-order valence-corrected chi connectivity index (χ0v) is 17.8. The summed E-state index contributed by atoms with van der Waals surface area (Å²) in [5.41, 5.74) is 1.41. The molecule has 0 fully saturated rings. The predicted octanol–water partition coefficient (Wildman–Crippen LogP) is 5.59. The van der Waals surface area contributed by atoms with Crippen LogP contribution in [-0.4, -0.2) is 8.07 Å². The fraction of sp³-hybridized carbons (Fsp3) is 0.217. The lowest BCUT2D eigenvalue weighted by molar-refractivity contribution is 0.725. The van der Waals surface area contributed by atoms with Crippen LogP contribution in [0, 0.1) is 0 Å². The first kappa shape index (κ1) is 18.2. The zero-order chi connectivity index (χ0) is 17.9. The second kappa shape index (κ2) is 7.31. The molecule has 0 unspecified atom stereocenters. The van der Waals surface area contributed by atoms with Gasteiger partial charge in [0.05, 0.1) is 0 Å². The molecule has 3 aromatic carbocycles. The van der Waals surface area contributed by atoms with Crippen molar-refractivity contribution in [1.29, 1.82) is 0 Å². The van der Waals surface area contributed by atoms with Gasteiger partial charge in [-0.1, -0.05) is 120 Å². The second-order valence-corrected chi connectivity index (χ2v) is 13.4. The molecular weight excluding hydrogens is 384 g/mol. The standard InChI is InChI=1S/C23H25BrSi/c1-23(2,3)25(21-10-6-4-7-11-21,22-12-8-5-9-13-22)18-19-14-16-20(24)17-15-19/h4-17H,18H2,1-3H3. The molecule has 25 heavy (non-hydrogen) atoms. The van der Waals surface area contributed by atoms with Crippen molar-refractivity contribution in [2.45, 2.75) is 31.9 Å². The molecule has 0 spiro atoms. The van der Waals surface area contributed by atoms with E-state index < -0.39 is 8.07 Å². The summed E-state index contributed by atoms with van der Waals surface area (Å²) >= 11 is 3.57. The van der Waals surface area contributed by atoms with Crippen LogP contribution in [0.4, 0.5) is 0 Å². The molecule has 3 aromatic rings. The van der Waals surface area contributed by atoms with Gasteiger partial charge in [-0.2, -0.15) is 0 Å². The highest BCUT2D eigenvalue weighted by atomic mass is 79.9. The van der Waals surface area contributed by atoms with Crippen LogP contribution in [0.5, 0.6) is 0 Å². The summed E-state index contributed by atoms with van der Waals surface area (Å²) in [4.78, 5) is 0. The summed E-state index contributed by atoms with van der Waals surface area (Å²) < 4.78 is 1.14. The molecule has 0 N–H and O–H groups in total. The first-order chi connectivity index (χ1) is 11.9. The summed E-state index contributed by atoms with van der Waals surface area (Å²) in [5.74, 6) is 0. The van der Waals surface area contributed by atoms with E-state index in [4.69, 9.17) is 0 Å². The molecule has 0 saturated carbocycles. The molecule has 0 aromatic heterocycles. The zero-order valence-electron chi connectivity index (χ0n) is 15.2. The van der Waals surface area contributed by atoms with Crippen LogP contribution >= 0.6 is 15.9 Å². The summed E-state index contributed by atoms with van der Waals surface area (Å²) in [6, 6.07) is 32.3. The Morgan fingerprint density at radius 3 is 1.52 bits per heavy atom. The van der Waals surface area contributed by atoms with E-state index in [1.807, 2.05) is 0 Å². The van der Waals surface area contributed by atoms with E-state index in [0.717, 1.165) is 10.5 Å². The number of rotatable bonds is 4. The first-order valence-corrected chi connectivity index (χ1v) is 11.8. The van der Waals surface area contributed by atoms with Gasteiger partial charge >= 0.3 is 0 Å². The minimum Gasteiger partial charge on any atom is -0.0625 e. The molecule has 0 aliphatic rings. The Kier molecular flexibility index (Phi) is 5.31. The smallest absolute Gasteiger partial charge is 0.0625 e. The van der Waals surface area contributed by atoms with Gasteiger partial charge in [-0.05, 0) is 28.8 Å². The monoisotopic (exact) mass is 408 g/mol. The predicted molar refractivity (Wildman–Crippen MR) is 115 cm³/mol. The Balaban J connectivity index is 2.23. The minimum absolute atomic E-state index is 0.197. The van der Waals surface area contributed by atoms with E-state index in [9.17, 15) is 0 Å². The van der Waals surface area contributed by atoms with Gasteiger partial charge in [0.1, 0.15) is 8.07 Å². The molecule has 0 radical (unpaired) electrons. The third-order valence-electron chi connectivity index (χ3n) is 5.20. The molecule has 0 saturated heterocycles. The summed E-state index contributed by atoms with van der Waals surface area (Å²) in [5, 5.41) is 3.22. The van der Waals surface area contributed by atoms with E-state index in [2.05, 4.69) is 122 Å². The molecule has 0 nitrogen and oxygen atoms in total. The average molecular weight is 409 g/mol. The van der Waals surface area contributed by atoms with Gasteiger partial charge < -0.3 is 0 Å². The Morgan fingerprint density at radius 2 is 1.12 bits per heavy atom. The van der Waals surface area contributed by atoms with Crippen molar-refractivity contribution in [3.8, 4) is 0 Å². The van der Waals surface area contributed by atoms with Gasteiger partial charge in [-0.25, -0.2) is 0 Å². The molecule has 0 amide bonds. The van der Waals surface area contributed by atoms with Crippen molar-refractivity contribution in [1.82, 2.24) is 0 Å². The number of benzene rings is 3. The SMILES string of the molecule is CC(C)(C)[Si](Cc1ccc(Br)cc1)(c1ccccc1)c1ccccc1. The molecule has 2 heteroatoms. The Bertz CT molecular complexity index is 763. The van der Waals surface area contributed by atoms with Crippen LogP contribution in [0.25, 0.3) is 0 Å². The summed E-state index contributed by atoms with van der Waals surface area (Å²) in [6.45, 7) is 7.24. The lowest BCUT2D eigenvalue weighted by Gasteiger charge is -2.44. The van der Waals surface area contributed by atoms with Crippen LogP contribution in [0.3, 0.4) is 0 Å². The third-order valence-corrected chi connectivity index (χ3v) is 11.9. The van der Waals surface area contributed by atoms with Crippen molar-refractivity contribution in [2.24, 2.45) is 0 Å². The quantitative estimate of drug-likeness (QED) is 0.493. The van der Waals surface area contributed by atoms with Gasteiger partial charge in [0.25, 0.3) is 0 Å². The number of halogens is 1. The van der Waals surface area contributed by atoms with Crippen LogP contribution in [-0.2, 0) is 6.04 Å². The molecular formula is C23H25BrSi. The maximum absolute atomic E-state index is 3.57. The normalized spacial score (nSPS) is 12.2. The van der Waals surface area contributed by atoms with Crippen molar-refractivity contribution in [2.75, 3.05) is 0 Å². The van der Waals surface area contributed by atoms with Crippen molar-refractivity contribution < 1.29 is 0 Å². The highest BCUT2D eigenvalue weighted by molar-refractivity contribution is 9.10. The summed E-state index contributed by atoms with van der Waals surface area (Å²) in [7, 11) is -2.02. The highest BCUT2D eigenvalue weighted by Gasteiger charge is 2.47. The minimum atomic E-state index is -2.02. The Hall–Kier alpha value is -1.64. The average Bonchev–Trinajstić information content (AvgIpc) is 2.62. The fourth-order valence-electron chi connectivity index (χ4n) is 3.86. The molecule has 0 heterocycles. The van der Waals surface area contributed by atoms with Crippen molar-refractivity contribution in [3.05, 3.63) is 95.0 Å². The van der Waals surface area contributed by atoms with Gasteiger partial charge in [-0.15, -0.1) is 0 Å². The molecule has 0 bridgehead atoms. The number of hydrogen-bond donors (Lipinski definition) is 0. The van der Waals surface area contributed by atoms with Crippen LogP contribution in [0.2, 0.25) is 5.04 Å². The van der Waals surface area contributed by atoms with Crippen molar-refractivity contribution in [3.63, 3.8) is 0 Å². The van der Waals surface area contributed by atoms with Crippen LogP contribution in [0.1, 0.15) is 26.3 Å². The second-order valence-electron chi connectivity index (χ2n) is 7.69. The maximum Gasteiger partial charge on any atom is 0.127 e. The Labute approximate surface area is 161 Å². The lowest BCUT2D eigenvalue weighted by atomic mass is 10.2. The maximum atomic E-state index is 3.57. The van der Waals surface area contributed by atoms with E-state index in [-0.39, 0.29) is 5.04 Å². The van der Waals surface area contributed by atoms with Gasteiger partial charge in [-0.3, -0.25) is 0 Å². The van der Waals surface area contributed by atoms with Gasteiger partial charge in [0, 0.05) is 4.47 Å². The van der Waals surface area contributed by atoms with E-state index >= 15 is 0 Å². The first-order valence-electron chi connectivity index (χ1n) is 8.79. The molecule has 0 aliphatic carbocycles. The molecule has 0 atom stereocenters. The van der Waals surface area contributed by atoms with Gasteiger partial charge in [0.2, 0.25) is 0 Å². The fourth-order valence-corrected chi connectivity index (χ4v) is 9.50. The summed E-state index contributed by atoms with van der Waals surface area (Å²) in [6.07, 6.45) is 0. The van der Waals surface area contributed by atoms with Crippen molar-refractivity contribution >= 4 is 34.4 Å². The van der Waals surface area contributed by atoms with Crippen LogP contribution in [0.15, 0.2) is 89.4 Å². The van der Waals surface area contributed by atoms with Gasteiger partial charge in [0.15, 0.2) is 0 Å². The lowest BCUT2D eigenvalue weighted by Crippen LogP contribution is -2.66. The topological polar surface area (TPSA) is 0 Å². The molecule has 3 rings (SSSR count). The molecule has 0 aliphatic heterocycles. The third kappa shape index (κ3) is 3.65. The van der Waals surface area contributed by atoms with E-state index in [0.29, 0.717) is 0 Å². The van der Waals surface area contributed by atoms with Crippen LogP contribution < -0.4 is 10.4 Å².